The number of aromatic nitrogens is 3. The van der Waals surface area contributed by atoms with Crippen LogP contribution in [0, 0.1) is 0 Å². The summed E-state index contributed by atoms with van der Waals surface area (Å²) in [4.78, 5) is 0. The van der Waals surface area contributed by atoms with E-state index in [2.05, 4.69) is 20.1 Å². The topological polar surface area (TPSA) is 50.7 Å². The fourth-order valence-corrected chi connectivity index (χ4v) is 2.23. The average molecular weight is 198 g/mol. The zero-order chi connectivity index (χ0) is 8.93. The van der Waals surface area contributed by atoms with Gasteiger partial charge in [0.25, 0.3) is 0 Å². The van der Waals surface area contributed by atoms with Crippen LogP contribution in [0.25, 0.3) is 0 Å². The summed E-state index contributed by atoms with van der Waals surface area (Å²) in [6.07, 6.45) is 7.96. The smallest absolute Gasteiger partial charge is 0.225 e. The molecular formula is C8H14N4S. The van der Waals surface area contributed by atoms with E-state index in [0.717, 1.165) is 5.13 Å². The predicted octanol–water partition coefficient (Wildman–Crippen LogP) is 2.07. The highest BCUT2D eigenvalue weighted by molar-refractivity contribution is 7.09. The van der Waals surface area contributed by atoms with Crippen molar-refractivity contribution in [2.75, 3.05) is 5.32 Å². The number of anilines is 1. The van der Waals surface area contributed by atoms with Crippen LogP contribution >= 0.6 is 11.5 Å². The third kappa shape index (κ3) is 2.62. The van der Waals surface area contributed by atoms with Gasteiger partial charge in [-0.25, -0.2) is 0 Å². The molecule has 72 valence electrons. The molecule has 1 aliphatic rings. The summed E-state index contributed by atoms with van der Waals surface area (Å²) in [6.45, 7) is 0. The van der Waals surface area contributed by atoms with Gasteiger partial charge in [0.2, 0.25) is 5.13 Å². The van der Waals surface area contributed by atoms with Crippen LogP contribution < -0.4 is 5.32 Å². The van der Waals surface area contributed by atoms with Gasteiger partial charge in [0, 0.05) is 17.6 Å². The van der Waals surface area contributed by atoms with Crippen LogP contribution in [0.3, 0.4) is 0 Å². The Balaban J connectivity index is 1.86. The second kappa shape index (κ2) is 4.50. The Morgan fingerprint density at radius 3 is 2.54 bits per heavy atom. The van der Waals surface area contributed by atoms with Gasteiger partial charge in [-0.05, 0) is 18.1 Å². The van der Waals surface area contributed by atoms with Crippen LogP contribution in [-0.2, 0) is 0 Å². The van der Waals surface area contributed by atoms with E-state index < -0.39 is 0 Å². The van der Waals surface area contributed by atoms with Crippen molar-refractivity contribution in [3.8, 4) is 0 Å². The molecule has 1 aromatic heterocycles. The fraction of sp³-hybridized carbons (Fsp3) is 0.875. The van der Waals surface area contributed by atoms with Crippen molar-refractivity contribution in [3.05, 3.63) is 0 Å². The summed E-state index contributed by atoms with van der Waals surface area (Å²) in [6, 6.07) is 0.595. The number of nitrogens with zero attached hydrogens (tertiary/aromatic N) is 3. The van der Waals surface area contributed by atoms with Crippen molar-refractivity contribution in [1.82, 2.24) is 14.8 Å². The van der Waals surface area contributed by atoms with Crippen LogP contribution in [0.1, 0.15) is 38.5 Å². The first-order valence-electron chi connectivity index (χ1n) is 4.87. The second-order valence-electron chi connectivity index (χ2n) is 3.50. The number of hydrogen-bond donors (Lipinski definition) is 1. The lowest BCUT2D eigenvalue weighted by atomic mass is 10.1. The molecular weight excluding hydrogens is 184 g/mol. The first-order valence-corrected chi connectivity index (χ1v) is 5.64. The van der Waals surface area contributed by atoms with Crippen LogP contribution in [0.4, 0.5) is 5.13 Å². The standard InChI is InChI=1S/C8H14N4S/c1-2-4-6-7(5-3-1)9-8-10-11-12-13-8/h7H,1-6H2,(H,9,10,12). The zero-order valence-electron chi connectivity index (χ0n) is 7.57. The Morgan fingerprint density at radius 1 is 1.15 bits per heavy atom. The van der Waals surface area contributed by atoms with Crippen molar-refractivity contribution in [3.63, 3.8) is 0 Å². The Labute approximate surface area is 81.9 Å². The zero-order valence-corrected chi connectivity index (χ0v) is 8.39. The molecule has 1 N–H and O–H groups in total. The van der Waals surface area contributed by atoms with Crippen LogP contribution in [0.2, 0.25) is 0 Å². The van der Waals surface area contributed by atoms with E-state index in [-0.39, 0.29) is 0 Å². The lowest BCUT2D eigenvalue weighted by Crippen LogP contribution is -2.17. The first-order chi connectivity index (χ1) is 6.45. The van der Waals surface area contributed by atoms with Gasteiger partial charge in [0.1, 0.15) is 0 Å². The molecule has 0 saturated heterocycles. The van der Waals surface area contributed by atoms with E-state index in [1.54, 1.807) is 0 Å². The quantitative estimate of drug-likeness (QED) is 0.739. The van der Waals surface area contributed by atoms with E-state index in [4.69, 9.17) is 0 Å². The molecule has 1 aromatic rings. The maximum Gasteiger partial charge on any atom is 0.225 e. The van der Waals surface area contributed by atoms with Crippen molar-refractivity contribution in [1.29, 1.82) is 0 Å². The molecule has 1 fully saturated rings. The molecule has 0 aliphatic heterocycles. The molecule has 0 bridgehead atoms. The van der Waals surface area contributed by atoms with Gasteiger partial charge < -0.3 is 5.32 Å². The first kappa shape index (κ1) is 8.87. The minimum absolute atomic E-state index is 0.595. The van der Waals surface area contributed by atoms with E-state index in [0.29, 0.717) is 6.04 Å². The third-order valence-electron chi connectivity index (χ3n) is 2.48. The van der Waals surface area contributed by atoms with E-state index >= 15 is 0 Å². The molecule has 0 radical (unpaired) electrons. The lowest BCUT2D eigenvalue weighted by molar-refractivity contribution is 0.618. The highest BCUT2D eigenvalue weighted by atomic mass is 32.1. The van der Waals surface area contributed by atoms with Crippen molar-refractivity contribution < 1.29 is 0 Å². The van der Waals surface area contributed by atoms with Crippen LogP contribution in [0.15, 0.2) is 0 Å². The van der Waals surface area contributed by atoms with Gasteiger partial charge in [-0.3, -0.25) is 0 Å². The third-order valence-corrected chi connectivity index (χ3v) is 3.01. The van der Waals surface area contributed by atoms with E-state index in [1.807, 2.05) is 0 Å². The summed E-state index contributed by atoms with van der Waals surface area (Å²) in [5.74, 6) is 0. The van der Waals surface area contributed by atoms with Gasteiger partial charge in [0.05, 0.1) is 0 Å². The Bertz CT molecular complexity index is 228. The molecule has 2 rings (SSSR count). The lowest BCUT2D eigenvalue weighted by Gasteiger charge is -2.13. The second-order valence-corrected chi connectivity index (χ2v) is 4.23. The molecule has 1 heterocycles. The van der Waals surface area contributed by atoms with E-state index in [9.17, 15) is 0 Å². The Morgan fingerprint density at radius 2 is 1.92 bits per heavy atom. The molecule has 0 spiro atoms. The minimum atomic E-state index is 0.595. The maximum absolute atomic E-state index is 3.89. The molecule has 0 atom stereocenters. The minimum Gasteiger partial charge on any atom is -0.356 e. The molecule has 0 aromatic carbocycles. The SMILES string of the molecule is C1CCCC(Nc2nnns2)CC1. The monoisotopic (exact) mass is 198 g/mol. The summed E-state index contributed by atoms with van der Waals surface area (Å²) >= 11 is 1.34. The number of nitrogens with one attached hydrogen (secondary N) is 1. The van der Waals surface area contributed by atoms with Crippen LogP contribution in [-0.4, -0.2) is 20.8 Å². The van der Waals surface area contributed by atoms with Gasteiger partial charge in [-0.2, -0.15) is 0 Å². The van der Waals surface area contributed by atoms with Crippen molar-refractivity contribution in [2.24, 2.45) is 0 Å². The molecule has 13 heavy (non-hydrogen) atoms. The number of hydrogen-bond acceptors (Lipinski definition) is 5. The molecule has 1 saturated carbocycles. The van der Waals surface area contributed by atoms with E-state index in [1.165, 1.54) is 50.1 Å². The maximum atomic E-state index is 3.89. The van der Waals surface area contributed by atoms with Crippen molar-refractivity contribution in [2.45, 2.75) is 44.6 Å². The van der Waals surface area contributed by atoms with Crippen molar-refractivity contribution >= 4 is 16.7 Å². The molecule has 5 heteroatoms. The van der Waals surface area contributed by atoms with Gasteiger partial charge in [0.15, 0.2) is 0 Å². The van der Waals surface area contributed by atoms with Gasteiger partial charge >= 0.3 is 0 Å². The molecule has 1 aliphatic carbocycles. The summed E-state index contributed by atoms with van der Waals surface area (Å²) in [5, 5.41) is 11.7. The molecule has 4 nitrogen and oxygen atoms in total. The molecule has 0 unspecified atom stereocenters. The average Bonchev–Trinajstić information content (AvgIpc) is 2.49. The fourth-order valence-electron chi connectivity index (χ4n) is 1.79. The normalized spacial score (nSPS) is 19.7. The number of rotatable bonds is 2. The Kier molecular flexibility index (Phi) is 3.07. The highest BCUT2D eigenvalue weighted by Crippen LogP contribution is 2.20. The highest BCUT2D eigenvalue weighted by Gasteiger charge is 2.12. The molecule has 0 amide bonds. The van der Waals surface area contributed by atoms with Gasteiger partial charge in [-0.15, -0.1) is 0 Å². The summed E-state index contributed by atoms with van der Waals surface area (Å²) < 4.78 is 3.73. The summed E-state index contributed by atoms with van der Waals surface area (Å²) in [7, 11) is 0. The Hall–Kier alpha value is -0.710. The van der Waals surface area contributed by atoms with Gasteiger partial charge in [-0.1, -0.05) is 35.3 Å². The largest absolute Gasteiger partial charge is 0.356 e. The summed E-state index contributed by atoms with van der Waals surface area (Å²) in [5.41, 5.74) is 0. The predicted molar refractivity (Wildman–Crippen MR) is 52.8 cm³/mol. The van der Waals surface area contributed by atoms with Crippen LogP contribution in [0.5, 0.6) is 0 Å².